The molecule has 0 saturated heterocycles. The van der Waals surface area contributed by atoms with Crippen LogP contribution in [0.25, 0.3) is 0 Å². The standard InChI is InChI=1S/C6H6ClN5/c7-3-4(9)2(1-8)5(10)12-6(3)11/h(H6,9,10,11,12). The SMILES string of the molecule is N#Cc1c(N)nc(N)c(Cl)c1N. The fourth-order valence-corrected chi connectivity index (χ4v) is 0.875. The van der Waals surface area contributed by atoms with E-state index >= 15 is 0 Å². The predicted molar refractivity (Wildman–Crippen MR) is 47.2 cm³/mol. The maximum absolute atomic E-state index is 8.57. The first-order valence-corrected chi connectivity index (χ1v) is 3.35. The van der Waals surface area contributed by atoms with Crippen LogP contribution in [-0.2, 0) is 0 Å². The first-order valence-electron chi connectivity index (χ1n) is 2.98. The quantitative estimate of drug-likeness (QED) is 0.537. The topological polar surface area (TPSA) is 115 Å². The molecule has 1 aromatic heterocycles. The zero-order valence-electron chi connectivity index (χ0n) is 6.00. The van der Waals surface area contributed by atoms with Crippen molar-refractivity contribution in [2.75, 3.05) is 17.2 Å². The van der Waals surface area contributed by atoms with Gasteiger partial charge in [-0.2, -0.15) is 5.26 Å². The fraction of sp³-hybridized carbons (Fsp3) is 0. The highest BCUT2D eigenvalue weighted by Crippen LogP contribution is 2.29. The molecule has 0 spiro atoms. The monoisotopic (exact) mass is 183 g/mol. The van der Waals surface area contributed by atoms with Gasteiger partial charge in [0.2, 0.25) is 0 Å². The zero-order chi connectivity index (χ0) is 9.30. The molecule has 0 aromatic carbocycles. The summed E-state index contributed by atoms with van der Waals surface area (Å²) in [6.45, 7) is 0. The molecule has 0 bridgehead atoms. The Bertz CT molecular complexity index is 367. The van der Waals surface area contributed by atoms with Gasteiger partial charge >= 0.3 is 0 Å². The molecule has 0 saturated carbocycles. The Hall–Kier alpha value is -1.67. The largest absolute Gasteiger partial charge is 0.396 e. The van der Waals surface area contributed by atoms with Gasteiger partial charge in [0.25, 0.3) is 0 Å². The second-order valence-corrected chi connectivity index (χ2v) is 2.47. The minimum Gasteiger partial charge on any atom is -0.396 e. The van der Waals surface area contributed by atoms with E-state index in [2.05, 4.69) is 4.98 Å². The van der Waals surface area contributed by atoms with Crippen molar-refractivity contribution in [2.24, 2.45) is 0 Å². The molecule has 12 heavy (non-hydrogen) atoms. The number of hydrogen-bond donors (Lipinski definition) is 3. The lowest BCUT2D eigenvalue weighted by molar-refractivity contribution is 1.32. The summed E-state index contributed by atoms with van der Waals surface area (Å²) in [5, 5.41) is 8.64. The number of hydrogen-bond acceptors (Lipinski definition) is 5. The molecule has 62 valence electrons. The Morgan fingerprint density at radius 3 is 2.33 bits per heavy atom. The summed E-state index contributed by atoms with van der Waals surface area (Å²) in [7, 11) is 0. The first-order chi connectivity index (χ1) is 5.57. The van der Waals surface area contributed by atoms with Gasteiger partial charge in [-0.15, -0.1) is 0 Å². The summed E-state index contributed by atoms with van der Waals surface area (Å²) in [4.78, 5) is 3.63. The summed E-state index contributed by atoms with van der Waals surface area (Å²) in [5.74, 6) is 0.0302. The number of halogens is 1. The van der Waals surface area contributed by atoms with Crippen LogP contribution in [0.15, 0.2) is 0 Å². The molecule has 0 atom stereocenters. The molecule has 0 amide bonds. The number of pyridine rings is 1. The number of nitrogens with two attached hydrogens (primary N) is 3. The third-order valence-electron chi connectivity index (χ3n) is 1.34. The van der Waals surface area contributed by atoms with Crippen molar-refractivity contribution in [3.63, 3.8) is 0 Å². The van der Waals surface area contributed by atoms with Crippen molar-refractivity contribution in [3.8, 4) is 6.07 Å². The van der Waals surface area contributed by atoms with E-state index in [-0.39, 0.29) is 27.9 Å². The van der Waals surface area contributed by atoms with Gasteiger partial charge in [-0.05, 0) is 0 Å². The molecular weight excluding hydrogens is 178 g/mol. The van der Waals surface area contributed by atoms with E-state index in [1.54, 1.807) is 6.07 Å². The van der Waals surface area contributed by atoms with Crippen molar-refractivity contribution < 1.29 is 0 Å². The van der Waals surface area contributed by atoms with E-state index in [0.717, 1.165) is 0 Å². The fourth-order valence-electron chi connectivity index (χ4n) is 0.738. The number of rotatable bonds is 0. The van der Waals surface area contributed by atoms with Gasteiger partial charge in [-0.1, -0.05) is 11.6 Å². The second kappa shape index (κ2) is 2.75. The maximum Gasteiger partial charge on any atom is 0.146 e. The number of nitriles is 1. The minimum absolute atomic E-state index is 0.00287. The predicted octanol–water partition coefficient (Wildman–Crippen LogP) is 0.353. The van der Waals surface area contributed by atoms with Crippen molar-refractivity contribution in [3.05, 3.63) is 10.6 Å². The average Bonchev–Trinajstić information content (AvgIpc) is 2.01. The van der Waals surface area contributed by atoms with Crippen molar-refractivity contribution in [2.45, 2.75) is 0 Å². The number of aromatic nitrogens is 1. The Balaban J connectivity index is 3.54. The van der Waals surface area contributed by atoms with E-state index in [1.165, 1.54) is 0 Å². The molecular formula is C6H6ClN5. The first kappa shape index (κ1) is 8.43. The summed E-state index contributed by atoms with van der Waals surface area (Å²) < 4.78 is 0. The van der Waals surface area contributed by atoms with E-state index < -0.39 is 0 Å². The van der Waals surface area contributed by atoms with Crippen LogP contribution in [0, 0.1) is 11.3 Å². The third kappa shape index (κ3) is 1.08. The van der Waals surface area contributed by atoms with E-state index in [4.69, 9.17) is 34.1 Å². The van der Waals surface area contributed by atoms with E-state index in [1.807, 2.05) is 0 Å². The molecule has 0 aliphatic carbocycles. The molecule has 5 nitrogen and oxygen atoms in total. The van der Waals surface area contributed by atoms with Crippen LogP contribution < -0.4 is 17.2 Å². The Morgan fingerprint density at radius 1 is 1.25 bits per heavy atom. The van der Waals surface area contributed by atoms with Crippen LogP contribution in [0.4, 0.5) is 17.3 Å². The highest BCUT2D eigenvalue weighted by molar-refractivity contribution is 6.35. The lowest BCUT2D eigenvalue weighted by Crippen LogP contribution is -2.04. The van der Waals surface area contributed by atoms with Gasteiger partial charge in [0.1, 0.15) is 28.3 Å². The van der Waals surface area contributed by atoms with Crippen LogP contribution in [0.3, 0.4) is 0 Å². The van der Waals surface area contributed by atoms with Gasteiger partial charge in [0.15, 0.2) is 0 Å². The van der Waals surface area contributed by atoms with Gasteiger partial charge in [-0.25, -0.2) is 4.98 Å². The van der Waals surface area contributed by atoms with E-state index in [0.29, 0.717) is 0 Å². The third-order valence-corrected chi connectivity index (χ3v) is 1.74. The van der Waals surface area contributed by atoms with Crippen molar-refractivity contribution in [1.82, 2.24) is 4.98 Å². The highest BCUT2D eigenvalue weighted by Gasteiger charge is 2.11. The van der Waals surface area contributed by atoms with Crippen molar-refractivity contribution >= 4 is 28.9 Å². The number of nitrogen functional groups attached to an aromatic ring is 3. The van der Waals surface area contributed by atoms with Gasteiger partial charge in [-0.3, -0.25) is 0 Å². The molecule has 1 heterocycles. The molecule has 0 aliphatic rings. The average molecular weight is 184 g/mol. The second-order valence-electron chi connectivity index (χ2n) is 2.10. The lowest BCUT2D eigenvalue weighted by Gasteiger charge is -2.04. The summed E-state index contributed by atoms with van der Waals surface area (Å²) in [6.07, 6.45) is 0. The maximum atomic E-state index is 8.57. The van der Waals surface area contributed by atoms with Gasteiger partial charge in [0, 0.05) is 0 Å². The Kier molecular flexibility index (Phi) is 1.93. The van der Waals surface area contributed by atoms with Gasteiger partial charge in [0.05, 0.1) is 5.69 Å². The smallest absolute Gasteiger partial charge is 0.146 e. The van der Waals surface area contributed by atoms with Crippen LogP contribution in [-0.4, -0.2) is 4.98 Å². The zero-order valence-corrected chi connectivity index (χ0v) is 6.76. The Labute approximate surface area is 73.7 Å². The molecule has 0 aliphatic heterocycles. The molecule has 0 unspecified atom stereocenters. The van der Waals surface area contributed by atoms with Crippen LogP contribution in [0.1, 0.15) is 5.56 Å². The van der Waals surface area contributed by atoms with E-state index in [9.17, 15) is 0 Å². The van der Waals surface area contributed by atoms with Crippen LogP contribution in [0.2, 0.25) is 5.02 Å². The summed E-state index contributed by atoms with van der Waals surface area (Å²) in [6, 6.07) is 1.78. The van der Waals surface area contributed by atoms with Crippen LogP contribution in [0.5, 0.6) is 0 Å². The van der Waals surface area contributed by atoms with Crippen molar-refractivity contribution in [1.29, 1.82) is 5.26 Å². The molecule has 6 heteroatoms. The summed E-state index contributed by atoms with van der Waals surface area (Å²) >= 11 is 5.61. The van der Waals surface area contributed by atoms with Crippen LogP contribution >= 0.6 is 11.6 Å². The minimum atomic E-state index is -0.00287. The molecule has 0 radical (unpaired) electrons. The summed E-state index contributed by atoms with van der Waals surface area (Å²) in [5.41, 5.74) is 16.3. The Morgan fingerprint density at radius 2 is 1.83 bits per heavy atom. The number of anilines is 3. The van der Waals surface area contributed by atoms with Gasteiger partial charge < -0.3 is 17.2 Å². The highest BCUT2D eigenvalue weighted by atomic mass is 35.5. The molecule has 0 fully saturated rings. The molecule has 6 N–H and O–H groups in total. The molecule has 1 rings (SSSR count). The lowest BCUT2D eigenvalue weighted by atomic mass is 10.2. The molecule has 1 aromatic rings. The number of nitrogens with zero attached hydrogens (tertiary/aromatic N) is 2. The normalized spacial score (nSPS) is 9.33.